The van der Waals surface area contributed by atoms with E-state index in [9.17, 15) is 14.9 Å². The van der Waals surface area contributed by atoms with Crippen molar-refractivity contribution in [3.8, 4) is 6.07 Å². The summed E-state index contributed by atoms with van der Waals surface area (Å²) in [6, 6.07) is 8.33. The summed E-state index contributed by atoms with van der Waals surface area (Å²) in [6.45, 7) is 8.25. The smallest absolute Gasteiger partial charge is 0.264 e. The number of hydrogen-bond donors (Lipinski definition) is 1. The zero-order chi connectivity index (χ0) is 24.7. The third kappa shape index (κ3) is 6.16. The van der Waals surface area contributed by atoms with E-state index in [-0.39, 0.29) is 29.3 Å². The molecule has 0 radical (unpaired) electrons. The summed E-state index contributed by atoms with van der Waals surface area (Å²) in [7, 11) is 1.68. The Hall–Kier alpha value is -2.89. The topological polar surface area (TPSA) is 87.4 Å². The van der Waals surface area contributed by atoms with Crippen molar-refractivity contribution < 1.29 is 14.3 Å². The zero-order valence-electron chi connectivity index (χ0n) is 20.5. The molecule has 0 saturated carbocycles. The summed E-state index contributed by atoms with van der Waals surface area (Å²) >= 11 is 1.69. The van der Waals surface area contributed by atoms with Crippen LogP contribution in [0.25, 0.3) is 6.08 Å². The molecule has 1 fully saturated rings. The average Bonchev–Trinajstić information content (AvgIpc) is 3.44. The van der Waals surface area contributed by atoms with E-state index >= 15 is 0 Å². The molecular weight excluding hydrogens is 448 g/mol. The maximum Gasteiger partial charge on any atom is 0.264 e. The second-order valence-electron chi connectivity index (χ2n) is 8.86. The van der Waals surface area contributed by atoms with Crippen LogP contribution in [-0.4, -0.2) is 54.6 Å². The van der Waals surface area contributed by atoms with Crippen molar-refractivity contribution in [2.24, 2.45) is 5.92 Å². The first kappa shape index (κ1) is 25.7. The lowest BCUT2D eigenvalue weighted by Gasteiger charge is -2.31. The van der Waals surface area contributed by atoms with Gasteiger partial charge in [-0.3, -0.25) is 9.59 Å². The summed E-state index contributed by atoms with van der Waals surface area (Å²) in [5.74, 6) is -0.311. The summed E-state index contributed by atoms with van der Waals surface area (Å²) in [5, 5.41) is 14.8. The molecule has 7 nitrogen and oxygen atoms in total. The number of aromatic nitrogens is 1. The molecule has 1 aliphatic rings. The monoisotopic (exact) mass is 482 g/mol. The van der Waals surface area contributed by atoms with Gasteiger partial charge in [0, 0.05) is 48.9 Å². The lowest BCUT2D eigenvalue weighted by atomic mass is 9.95. The van der Waals surface area contributed by atoms with Crippen molar-refractivity contribution in [2.45, 2.75) is 46.1 Å². The summed E-state index contributed by atoms with van der Waals surface area (Å²) < 4.78 is 7.45. The quantitative estimate of drug-likeness (QED) is 0.434. The summed E-state index contributed by atoms with van der Waals surface area (Å²) in [5.41, 5.74) is 3.05. The Morgan fingerprint density at radius 1 is 1.35 bits per heavy atom. The lowest BCUT2D eigenvalue weighted by Crippen LogP contribution is -2.43. The van der Waals surface area contributed by atoms with Crippen molar-refractivity contribution >= 4 is 29.2 Å². The van der Waals surface area contributed by atoms with Gasteiger partial charge in [-0.1, -0.05) is 6.07 Å². The molecule has 1 N–H and O–H groups in total. The number of piperidine rings is 1. The summed E-state index contributed by atoms with van der Waals surface area (Å²) in [6.07, 6.45) is 3.74. The first-order valence-corrected chi connectivity index (χ1v) is 12.6. The van der Waals surface area contributed by atoms with E-state index in [1.54, 1.807) is 29.4 Å². The van der Waals surface area contributed by atoms with Gasteiger partial charge in [0.05, 0.1) is 12.6 Å². The molecule has 1 aliphatic heterocycles. The minimum absolute atomic E-state index is 0.0531. The number of ether oxygens (including phenoxy) is 1. The molecular formula is C26H34N4O3S. The Morgan fingerprint density at radius 2 is 2.09 bits per heavy atom. The number of nitrogens with one attached hydrogen (secondary N) is 1. The van der Waals surface area contributed by atoms with Crippen LogP contribution in [0, 0.1) is 31.1 Å². The van der Waals surface area contributed by atoms with Crippen molar-refractivity contribution in [3.63, 3.8) is 0 Å². The molecule has 1 unspecified atom stereocenters. The van der Waals surface area contributed by atoms with Crippen LogP contribution in [0.2, 0.25) is 0 Å². The van der Waals surface area contributed by atoms with Gasteiger partial charge in [0.1, 0.15) is 11.6 Å². The number of carbonyl (C=O) groups is 2. The molecule has 0 aromatic carbocycles. The Kier molecular flexibility index (Phi) is 9.08. The predicted octanol–water partition coefficient (Wildman–Crippen LogP) is 3.88. The Bertz CT molecular complexity index is 1060. The molecule has 2 aromatic heterocycles. The van der Waals surface area contributed by atoms with Crippen LogP contribution in [0.4, 0.5) is 0 Å². The van der Waals surface area contributed by atoms with Gasteiger partial charge in [-0.05, 0) is 69.2 Å². The molecule has 2 aromatic rings. The SMILES string of the molecule is COCC(C)n1c(C)cc(C=C(C#N)C(=O)N2CCC(C(=O)NCCc3cccs3)CC2)c1C. The van der Waals surface area contributed by atoms with Crippen molar-refractivity contribution in [1.82, 2.24) is 14.8 Å². The van der Waals surface area contributed by atoms with E-state index in [4.69, 9.17) is 4.74 Å². The number of amides is 2. The standard InChI is InChI=1S/C26H34N4O3S/c1-18-14-22(20(3)30(18)19(2)17-33-4)15-23(16-27)26(32)29-11-8-21(9-12-29)25(31)28-10-7-24-6-5-13-34-24/h5-6,13-15,19,21H,7-12,17H2,1-4H3,(H,28,31). The number of methoxy groups -OCH3 is 1. The van der Waals surface area contributed by atoms with Gasteiger partial charge in [0.2, 0.25) is 5.91 Å². The van der Waals surface area contributed by atoms with Gasteiger partial charge in [0.15, 0.2) is 0 Å². The highest BCUT2D eigenvalue weighted by atomic mass is 32.1. The fourth-order valence-electron chi connectivity index (χ4n) is 4.66. The number of hydrogen-bond acceptors (Lipinski definition) is 5. The number of nitrogens with zero attached hydrogens (tertiary/aromatic N) is 3. The van der Waals surface area contributed by atoms with E-state index in [2.05, 4.69) is 28.9 Å². The maximum atomic E-state index is 13.1. The van der Waals surface area contributed by atoms with Crippen molar-refractivity contribution in [2.75, 3.05) is 33.4 Å². The van der Waals surface area contributed by atoms with Crippen LogP contribution in [0.15, 0.2) is 29.2 Å². The highest BCUT2D eigenvalue weighted by Crippen LogP contribution is 2.24. The fourth-order valence-corrected chi connectivity index (χ4v) is 5.37. The normalized spacial score (nSPS) is 15.7. The van der Waals surface area contributed by atoms with Crippen LogP contribution in [0.5, 0.6) is 0 Å². The van der Waals surface area contributed by atoms with Gasteiger partial charge in [-0.25, -0.2) is 0 Å². The van der Waals surface area contributed by atoms with Crippen molar-refractivity contribution in [3.05, 3.63) is 51.0 Å². The highest BCUT2D eigenvalue weighted by molar-refractivity contribution is 7.09. The number of nitriles is 1. The number of thiophene rings is 1. The average molecular weight is 483 g/mol. The van der Waals surface area contributed by atoms with E-state index < -0.39 is 0 Å². The van der Waals surface area contributed by atoms with E-state index in [1.807, 2.05) is 31.4 Å². The minimum Gasteiger partial charge on any atom is -0.383 e. The molecule has 8 heteroatoms. The van der Waals surface area contributed by atoms with Gasteiger partial charge in [0.25, 0.3) is 5.91 Å². The maximum absolute atomic E-state index is 13.1. The third-order valence-electron chi connectivity index (χ3n) is 6.43. The lowest BCUT2D eigenvalue weighted by molar-refractivity contribution is -0.132. The predicted molar refractivity (Wildman–Crippen MR) is 134 cm³/mol. The number of carbonyl (C=O) groups excluding carboxylic acids is 2. The molecule has 0 aliphatic carbocycles. The van der Waals surface area contributed by atoms with Gasteiger partial charge < -0.3 is 19.5 Å². The van der Waals surface area contributed by atoms with Crippen LogP contribution < -0.4 is 5.32 Å². The minimum atomic E-state index is -0.270. The van der Waals surface area contributed by atoms with Crippen LogP contribution in [0.3, 0.4) is 0 Å². The number of likely N-dealkylation sites (tertiary alicyclic amines) is 1. The van der Waals surface area contributed by atoms with Gasteiger partial charge in [-0.2, -0.15) is 5.26 Å². The van der Waals surface area contributed by atoms with E-state index in [1.165, 1.54) is 4.88 Å². The van der Waals surface area contributed by atoms with Crippen LogP contribution in [-0.2, 0) is 20.7 Å². The molecule has 182 valence electrons. The van der Waals surface area contributed by atoms with Crippen LogP contribution >= 0.6 is 11.3 Å². The second-order valence-corrected chi connectivity index (χ2v) is 9.89. The fraction of sp³-hybridized carbons (Fsp3) is 0.500. The Labute approximate surface area is 206 Å². The van der Waals surface area contributed by atoms with E-state index in [0.29, 0.717) is 39.1 Å². The number of rotatable bonds is 9. The number of aryl methyl sites for hydroxylation is 1. The first-order chi connectivity index (χ1) is 16.3. The molecule has 1 atom stereocenters. The molecule has 3 rings (SSSR count). The first-order valence-electron chi connectivity index (χ1n) is 11.7. The molecule has 2 amide bonds. The zero-order valence-corrected chi connectivity index (χ0v) is 21.3. The Balaban J connectivity index is 1.58. The van der Waals surface area contributed by atoms with E-state index in [0.717, 1.165) is 23.4 Å². The third-order valence-corrected chi connectivity index (χ3v) is 7.36. The van der Waals surface area contributed by atoms with Crippen LogP contribution in [0.1, 0.15) is 47.6 Å². The molecule has 0 spiro atoms. The van der Waals surface area contributed by atoms with Crippen molar-refractivity contribution in [1.29, 1.82) is 5.26 Å². The molecule has 3 heterocycles. The molecule has 34 heavy (non-hydrogen) atoms. The second kappa shape index (κ2) is 12.0. The Morgan fingerprint density at radius 3 is 2.71 bits per heavy atom. The highest BCUT2D eigenvalue weighted by Gasteiger charge is 2.29. The molecule has 1 saturated heterocycles. The summed E-state index contributed by atoms with van der Waals surface area (Å²) in [4.78, 5) is 28.5. The molecule has 0 bridgehead atoms. The van der Waals surface area contributed by atoms with Gasteiger partial charge >= 0.3 is 0 Å². The van der Waals surface area contributed by atoms with Gasteiger partial charge in [-0.15, -0.1) is 11.3 Å². The largest absolute Gasteiger partial charge is 0.383 e.